The second kappa shape index (κ2) is 10.6. The molecule has 4 rings (SSSR count). The Bertz CT molecular complexity index is 1560. The van der Waals surface area contributed by atoms with E-state index >= 15 is 0 Å². The van der Waals surface area contributed by atoms with Gasteiger partial charge in [-0.25, -0.2) is 4.39 Å². The number of amides is 1. The van der Waals surface area contributed by atoms with Crippen molar-refractivity contribution in [2.75, 3.05) is 11.9 Å². The van der Waals surface area contributed by atoms with Crippen LogP contribution in [-0.4, -0.2) is 22.9 Å². The molecule has 0 saturated carbocycles. The van der Waals surface area contributed by atoms with E-state index in [2.05, 4.69) is 9.97 Å². The van der Waals surface area contributed by atoms with Gasteiger partial charge in [-0.15, -0.1) is 0 Å². The average Bonchev–Trinajstić information content (AvgIpc) is 2.91. The van der Waals surface area contributed by atoms with Gasteiger partial charge in [0, 0.05) is 30.6 Å². The Morgan fingerprint density at radius 2 is 1.34 bits per heavy atom. The molecular formula is C30H24F7N3O. The molecule has 0 saturated heterocycles. The molecule has 11 heteroatoms. The van der Waals surface area contributed by atoms with Crippen LogP contribution < -0.4 is 4.90 Å². The first-order valence-electron chi connectivity index (χ1n) is 12.2. The summed E-state index contributed by atoms with van der Waals surface area (Å²) in [5, 5.41) is 0. The molecule has 0 spiro atoms. The highest BCUT2D eigenvalue weighted by atomic mass is 19.4. The monoisotopic (exact) mass is 575 g/mol. The van der Waals surface area contributed by atoms with Crippen LogP contribution >= 0.6 is 0 Å². The van der Waals surface area contributed by atoms with E-state index in [0.29, 0.717) is 40.1 Å². The van der Waals surface area contributed by atoms with Gasteiger partial charge < -0.3 is 4.90 Å². The van der Waals surface area contributed by atoms with Gasteiger partial charge in [0.05, 0.1) is 34.1 Å². The third-order valence-electron chi connectivity index (χ3n) is 6.85. The summed E-state index contributed by atoms with van der Waals surface area (Å²) in [4.78, 5) is 23.4. The fraction of sp³-hybridized carbons (Fsp3) is 0.233. The molecule has 0 aliphatic rings. The highest BCUT2D eigenvalue weighted by Gasteiger charge is 2.41. The Labute approximate surface area is 231 Å². The summed E-state index contributed by atoms with van der Waals surface area (Å²) in [5.41, 5.74) is -2.36. The van der Waals surface area contributed by atoms with Gasteiger partial charge in [0.2, 0.25) is 5.91 Å². The molecule has 0 N–H and O–H groups in total. The van der Waals surface area contributed by atoms with Gasteiger partial charge in [0.15, 0.2) is 0 Å². The predicted molar refractivity (Wildman–Crippen MR) is 140 cm³/mol. The molecule has 1 amide bonds. The lowest BCUT2D eigenvalue weighted by atomic mass is 9.81. The maximum atomic E-state index is 13.9. The number of hydrogen-bond donors (Lipinski definition) is 0. The number of likely N-dealkylation sites (N-methyl/N-ethyl adjacent to an activating group) is 1. The molecule has 2 aromatic carbocycles. The van der Waals surface area contributed by atoms with Crippen LogP contribution in [0.25, 0.3) is 22.4 Å². The van der Waals surface area contributed by atoms with Crippen LogP contribution in [-0.2, 0) is 22.6 Å². The molecule has 214 valence electrons. The zero-order valence-corrected chi connectivity index (χ0v) is 22.3. The van der Waals surface area contributed by atoms with Crippen LogP contribution in [0.4, 0.5) is 36.4 Å². The Morgan fingerprint density at radius 3 is 1.88 bits per heavy atom. The first-order valence-corrected chi connectivity index (χ1v) is 12.2. The Kier molecular flexibility index (Phi) is 7.68. The quantitative estimate of drug-likeness (QED) is 0.225. The van der Waals surface area contributed by atoms with Gasteiger partial charge in [-0.2, -0.15) is 26.3 Å². The van der Waals surface area contributed by atoms with Gasteiger partial charge in [-0.1, -0.05) is 6.07 Å². The van der Waals surface area contributed by atoms with E-state index in [1.165, 1.54) is 45.3 Å². The first-order chi connectivity index (χ1) is 19.0. The van der Waals surface area contributed by atoms with Gasteiger partial charge >= 0.3 is 12.4 Å². The fourth-order valence-corrected chi connectivity index (χ4v) is 4.51. The molecule has 41 heavy (non-hydrogen) atoms. The van der Waals surface area contributed by atoms with E-state index in [1.54, 1.807) is 37.5 Å². The highest BCUT2D eigenvalue weighted by molar-refractivity contribution is 6.03. The van der Waals surface area contributed by atoms with Crippen LogP contribution in [0.3, 0.4) is 0 Å². The number of halogens is 7. The largest absolute Gasteiger partial charge is 0.416 e. The van der Waals surface area contributed by atoms with Crippen molar-refractivity contribution in [1.82, 2.24) is 9.97 Å². The summed E-state index contributed by atoms with van der Waals surface area (Å²) in [7, 11) is 1.36. The molecule has 0 atom stereocenters. The number of hydrogen-bond acceptors (Lipinski definition) is 3. The maximum absolute atomic E-state index is 13.9. The molecule has 0 bridgehead atoms. The minimum atomic E-state index is -5.07. The Balaban J connectivity index is 1.86. The molecule has 0 aliphatic carbocycles. The van der Waals surface area contributed by atoms with Crippen LogP contribution in [0.5, 0.6) is 0 Å². The van der Waals surface area contributed by atoms with Crippen LogP contribution in [0.1, 0.15) is 36.1 Å². The Hall–Kier alpha value is -4.28. The topological polar surface area (TPSA) is 46.1 Å². The fourth-order valence-electron chi connectivity index (χ4n) is 4.51. The zero-order chi connectivity index (χ0) is 30.3. The Morgan fingerprint density at radius 1 is 0.780 bits per heavy atom. The van der Waals surface area contributed by atoms with Gasteiger partial charge in [-0.3, -0.25) is 14.8 Å². The number of carbonyl (C=O) groups excluding carboxylic acids is 1. The summed E-state index contributed by atoms with van der Waals surface area (Å²) in [6.07, 6.45) is -5.62. The first kappa shape index (κ1) is 29.7. The lowest BCUT2D eigenvalue weighted by molar-refractivity contribution is -0.143. The number of anilines is 1. The molecule has 0 radical (unpaired) electrons. The summed E-state index contributed by atoms with van der Waals surface area (Å²) in [6.45, 7) is 4.17. The van der Waals surface area contributed by atoms with E-state index < -0.39 is 46.2 Å². The van der Waals surface area contributed by atoms with E-state index in [4.69, 9.17) is 0 Å². The van der Waals surface area contributed by atoms with Crippen molar-refractivity contribution in [3.05, 3.63) is 101 Å². The molecule has 4 nitrogen and oxygen atoms in total. The van der Waals surface area contributed by atoms with Crippen molar-refractivity contribution in [2.45, 2.75) is 38.5 Å². The van der Waals surface area contributed by atoms with Crippen molar-refractivity contribution in [1.29, 1.82) is 0 Å². The predicted octanol–water partition coefficient (Wildman–Crippen LogP) is 8.24. The molecule has 2 aromatic heterocycles. The molecule has 0 fully saturated rings. The number of rotatable bonds is 5. The normalized spacial score (nSPS) is 12.4. The van der Waals surface area contributed by atoms with E-state index in [0.717, 1.165) is 4.90 Å². The lowest BCUT2D eigenvalue weighted by Crippen LogP contribution is -2.42. The van der Waals surface area contributed by atoms with Crippen molar-refractivity contribution in [3.8, 4) is 22.4 Å². The van der Waals surface area contributed by atoms with Crippen molar-refractivity contribution in [2.24, 2.45) is 0 Å². The van der Waals surface area contributed by atoms with E-state index in [9.17, 15) is 35.5 Å². The van der Waals surface area contributed by atoms with Crippen LogP contribution in [0.15, 0.2) is 73.2 Å². The van der Waals surface area contributed by atoms with Gasteiger partial charge in [0.1, 0.15) is 5.82 Å². The van der Waals surface area contributed by atoms with Crippen LogP contribution in [0, 0.1) is 12.7 Å². The van der Waals surface area contributed by atoms with Gasteiger partial charge in [-0.05, 0) is 86.0 Å². The lowest BCUT2D eigenvalue weighted by Gasteiger charge is -2.32. The SMILES string of the molecule is Cc1cc(F)ccc1-c1cc(-c2ccncc2)ncc1N(C)C(=O)C(C)(C)c1cc(C(F)(F)F)cc(C(F)(F)F)c1. The third kappa shape index (κ3) is 6.08. The van der Waals surface area contributed by atoms with Crippen molar-refractivity contribution < 1.29 is 35.5 Å². The van der Waals surface area contributed by atoms with Crippen LogP contribution in [0.2, 0.25) is 0 Å². The number of nitrogens with zero attached hydrogens (tertiary/aromatic N) is 3. The maximum Gasteiger partial charge on any atom is 0.416 e. The molecule has 4 aromatic rings. The summed E-state index contributed by atoms with van der Waals surface area (Å²) in [6, 6.07) is 10.3. The zero-order valence-electron chi connectivity index (χ0n) is 22.3. The number of alkyl halides is 6. The van der Waals surface area contributed by atoms with Crippen molar-refractivity contribution >= 4 is 11.6 Å². The second-order valence-electron chi connectivity index (χ2n) is 10.1. The minimum Gasteiger partial charge on any atom is -0.313 e. The number of aryl methyl sites for hydroxylation is 1. The number of pyridine rings is 2. The number of aromatic nitrogens is 2. The summed E-state index contributed by atoms with van der Waals surface area (Å²) in [5.74, 6) is -1.27. The highest BCUT2D eigenvalue weighted by Crippen LogP contribution is 2.41. The second-order valence-corrected chi connectivity index (χ2v) is 10.1. The smallest absolute Gasteiger partial charge is 0.313 e. The molecule has 2 heterocycles. The summed E-state index contributed by atoms with van der Waals surface area (Å²) >= 11 is 0. The van der Waals surface area contributed by atoms with Crippen molar-refractivity contribution in [3.63, 3.8) is 0 Å². The summed E-state index contributed by atoms with van der Waals surface area (Å²) < 4.78 is 95.1. The van der Waals surface area contributed by atoms with E-state index in [1.807, 2.05) is 0 Å². The third-order valence-corrected chi connectivity index (χ3v) is 6.85. The number of benzene rings is 2. The van der Waals surface area contributed by atoms with Gasteiger partial charge in [0.25, 0.3) is 0 Å². The van der Waals surface area contributed by atoms with E-state index in [-0.39, 0.29) is 11.8 Å². The molecule has 0 aliphatic heterocycles. The number of carbonyl (C=O) groups is 1. The minimum absolute atomic E-state index is 0.0188. The molecular weight excluding hydrogens is 551 g/mol. The molecule has 0 unspecified atom stereocenters. The standard InChI is InChI=1S/C30H24F7N3O/c1-17-11-22(31)5-6-23(17)24-15-25(18-7-9-38-10-8-18)39-16-26(24)40(4)27(41)28(2,3)19-12-20(29(32,33)34)14-21(13-19)30(35,36)37/h5-16H,1-4H3. The average molecular weight is 576 g/mol.